The molecule has 4 nitrogen and oxygen atoms in total. The Labute approximate surface area is 96.1 Å². The molecule has 1 aromatic carbocycles. The molecule has 0 aliphatic heterocycles. The molecule has 0 amide bonds. The predicted molar refractivity (Wildman–Crippen MR) is 60.6 cm³/mol. The van der Waals surface area contributed by atoms with E-state index in [-0.39, 0.29) is 10.8 Å². The van der Waals surface area contributed by atoms with Crippen molar-refractivity contribution in [1.29, 1.82) is 0 Å². The molecule has 0 atom stereocenters. The topological polar surface area (TPSA) is 59.4 Å². The molecule has 0 saturated heterocycles. The summed E-state index contributed by atoms with van der Waals surface area (Å²) in [5.74, 6) is -0.854. The molecule has 1 heterocycles. The molecule has 82 valence electrons. The molecule has 1 N–H and O–H groups in total. The molecule has 0 aliphatic rings. The summed E-state index contributed by atoms with van der Waals surface area (Å²) in [6.07, 6.45) is 0. The van der Waals surface area contributed by atoms with Gasteiger partial charge in [0.15, 0.2) is 4.88 Å². The largest absolute Gasteiger partial charge is 0.492 e. The number of carbonyl (C=O) groups is 1. The van der Waals surface area contributed by atoms with E-state index < -0.39 is 5.97 Å². The average Bonchev–Trinajstić information content (AvgIpc) is 2.71. The second kappa shape index (κ2) is 4.32. The first-order chi connectivity index (χ1) is 7.72. The summed E-state index contributed by atoms with van der Waals surface area (Å²) in [6, 6.07) is 9.34. The molecule has 5 heteroatoms. The zero-order chi connectivity index (χ0) is 11.5. The summed E-state index contributed by atoms with van der Waals surface area (Å²) in [6.45, 7) is 0. The number of thiazole rings is 1. The van der Waals surface area contributed by atoms with Crippen LogP contribution < -0.4 is 0 Å². The van der Waals surface area contributed by atoms with Gasteiger partial charge in [0.25, 0.3) is 0 Å². The van der Waals surface area contributed by atoms with Gasteiger partial charge in [-0.3, -0.25) is 0 Å². The van der Waals surface area contributed by atoms with E-state index in [0.29, 0.717) is 5.01 Å². The van der Waals surface area contributed by atoms with Gasteiger partial charge in [0.2, 0.25) is 5.88 Å². The summed E-state index contributed by atoms with van der Waals surface area (Å²) in [5.41, 5.74) is 0.859. The van der Waals surface area contributed by atoms with Gasteiger partial charge in [-0.25, -0.2) is 9.78 Å². The number of hydrogen-bond acceptors (Lipinski definition) is 5. The SMILES string of the molecule is COC(=O)c1sc(-c2ccccc2)nc1O. The summed E-state index contributed by atoms with van der Waals surface area (Å²) in [5, 5.41) is 10.1. The van der Waals surface area contributed by atoms with Crippen LogP contribution in [0, 0.1) is 0 Å². The fraction of sp³-hybridized carbons (Fsp3) is 0.0909. The zero-order valence-corrected chi connectivity index (χ0v) is 9.32. The Bertz CT molecular complexity index is 507. The Balaban J connectivity index is 2.42. The van der Waals surface area contributed by atoms with E-state index in [2.05, 4.69) is 9.72 Å². The number of aromatic hydroxyl groups is 1. The Morgan fingerprint density at radius 1 is 1.38 bits per heavy atom. The molecule has 0 saturated carbocycles. The maximum atomic E-state index is 11.3. The van der Waals surface area contributed by atoms with Gasteiger partial charge in [-0.15, -0.1) is 11.3 Å². The molecule has 16 heavy (non-hydrogen) atoms. The first kappa shape index (κ1) is 10.6. The van der Waals surface area contributed by atoms with E-state index in [4.69, 9.17) is 0 Å². The number of rotatable bonds is 2. The number of carbonyl (C=O) groups excluding carboxylic acids is 1. The van der Waals surface area contributed by atoms with Crippen LogP contribution in [0.1, 0.15) is 9.67 Å². The summed E-state index contributed by atoms with van der Waals surface area (Å²) < 4.78 is 4.54. The van der Waals surface area contributed by atoms with Gasteiger partial charge in [0.05, 0.1) is 7.11 Å². The van der Waals surface area contributed by atoms with Gasteiger partial charge in [-0.05, 0) is 0 Å². The quantitative estimate of drug-likeness (QED) is 0.811. The third-order valence-corrected chi connectivity index (χ3v) is 3.07. The lowest BCUT2D eigenvalue weighted by atomic mass is 10.2. The van der Waals surface area contributed by atoms with Crippen molar-refractivity contribution in [2.45, 2.75) is 0 Å². The smallest absolute Gasteiger partial charge is 0.353 e. The van der Waals surface area contributed by atoms with Gasteiger partial charge in [0, 0.05) is 5.56 Å². The molecule has 2 aromatic rings. The molecule has 1 aromatic heterocycles. The van der Waals surface area contributed by atoms with Crippen LogP contribution in [-0.2, 0) is 4.74 Å². The molecular formula is C11H9NO3S. The van der Waals surface area contributed by atoms with E-state index in [1.165, 1.54) is 7.11 Å². The van der Waals surface area contributed by atoms with Crippen molar-refractivity contribution >= 4 is 17.3 Å². The second-order valence-corrected chi connectivity index (χ2v) is 4.03. The lowest BCUT2D eigenvalue weighted by Gasteiger charge is -1.93. The number of esters is 1. The van der Waals surface area contributed by atoms with Gasteiger partial charge >= 0.3 is 5.97 Å². The van der Waals surface area contributed by atoms with Crippen molar-refractivity contribution in [1.82, 2.24) is 4.98 Å². The Morgan fingerprint density at radius 2 is 2.06 bits per heavy atom. The number of aromatic nitrogens is 1. The molecule has 0 aliphatic carbocycles. The Hall–Kier alpha value is -1.88. The zero-order valence-electron chi connectivity index (χ0n) is 8.51. The second-order valence-electron chi connectivity index (χ2n) is 3.03. The number of ether oxygens (including phenoxy) is 1. The van der Waals surface area contributed by atoms with Crippen molar-refractivity contribution in [3.05, 3.63) is 35.2 Å². The third kappa shape index (κ3) is 1.90. The first-order valence-corrected chi connectivity index (χ1v) is 5.37. The monoisotopic (exact) mass is 235 g/mol. The fourth-order valence-corrected chi connectivity index (χ4v) is 2.12. The Kier molecular flexibility index (Phi) is 2.87. The van der Waals surface area contributed by atoms with E-state index in [9.17, 15) is 9.90 Å². The number of benzene rings is 1. The van der Waals surface area contributed by atoms with Crippen molar-refractivity contribution in [2.75, 3.05) is 7.11 Å². The summed E-state index contributed by atoms with van der Waals surface area (Å²) >= 11 is 1.11. The minimum absolute atomic E-state index is 0.126. The average molecular weight is 235 g/mol. The van der Waals surface area contributed by atoms with E-state index >= 15 is 0 Å². The van der Waals surface area contributed by atoms with Gasteiger partial charge in [-0.2, -0.15) is 0 Å². The molecule has 0 spiro atoms. The maximum Gasteiger partial charge on any atom is 0.353 e. The van der Waals surface area contributed by atoms with Crippen molar-refractivity contribution in [3.63, 3.8) is 0 Å². The number of nitrogens with zero attached hydrogens (tertiary/aromatic N) is 1. The lowest BCUT2D eigenvalue weighted by Crippen LogP contribution is -1.97. The van der Waals surface area contributed by atoms with Crippen molar-refractivity contribution in [3.8, 4) is 16.5 Å². The van der Waals surface area contributed by atoms with Crippen LogP contribution in [0.2, 0.25) is 0 Å². The molecule has 0 bridgehead atoms. The lowest BCUT2D eigenvalue weighted by molar-refractivity contribution is 0.0603. The third-order valence-electron chi connectivity index (χ3n) is 2.00. The molecule has 0 fully saturated rings. The van der Waals surface area contributed by atoms with Crippen LogP contribution in [0.5, 0.6) is 5.88 Å². The highest BCUT2D eigenvalue weighted by atomic mass is 32.1. The van der Waals surface area contributed by atoms with Crippen molar-refractivity contribution < 1.29 is 14.6 Å². The normalized spacial score (nSPS) is 10.1. The van der Waals surface area contributed by atoms with Crippen LogP contribution in [0.3, 0.4) is 0 Å². The van der Waals surface area contributed by atoms with Crippen molar-refractivity contribution in [2.24, 2.45) is 0 Å². The standard InChI is InChI=1S/C11H9NO3S/c1-15-11(14)8-9(13)12-10(16-8)7-5-3-2-4-6-7/h2-6,13H,1H3. The fourth-order valence-electron chi connectivity index (χ4n) is 1.24. The minimum atomic E-state index is -0.572. The molecule has 0 unspecified atom stereocenters. The Morgan fingerprint density at radius 3 is 2.69 bits per heavy atom. The molecule has 2 rings (SSSR count). The van der Waals surface area contributed by atoms with Crippen LogP contribution >= 0.6 is 11.3 Å². The van der Waals surface area contributed by atoms with Crippen LogP contribution in [-0.4, -0.2) is 23.2 Å². The summed E-state index contributed by atoms with van der Waals surface area (Å²) in [7, 11) is 1.27. The highest BCUT2D eigenvalue weighted by molar-refractivity contribution is 7.17. The van der Waals surface area contributed by atoms with Crippen LogP contribution in [0.4, 0.5) is 0 Å². The summed E-state index contributed by atoms with van der Waals surface area (Å²) in [4.78, 5) is 15.3. The first-order valence-electron chi connectivity index (χ1n) is 4.56. The van der Waals surface area contributed by atoms with Gasteiger partial charge in [0.1, 0.15) is 5.01 Å². The van der Waals surface area contributed by atoms with Gasteiger partial charge in [-0.1, -0.05) is 30.3 Å². The highest BCUT2D eigenvalue weighted by Crippen LogP contribution is 2.31. The molecule has 0 radical (unpaired) electrons. The van der Waals surface area contributed by atoms with Crippen LogP contribution in [0.25, 0.3) is 10.6 Å². The van der Waals surface area contributed by atoms with E-state index in [0.717, 1.165) is 16.9 Å². The number of hydrogen-bond donors (Lipinski definition) is 1. The molecular weight excluding hydrogens is 226 g/mol. The predicted octanol–water partition coefficient (Wildman–Crippen LogP) is 2.30. The highest BCUT2D eigenvalue weighted by Gasteiger charge is 2.18. The number of methoxy groups -OCH3 is 1. The maximum absolute atomic E-state index is 11.3. The van der Waals surface area contributed by atoms with E-state index in [1.807, 2.05) is 30.3 Å². The van der Waals surface area contributed by atoms with Gasteiger partial charge < -0.3 is 9.84 Å². The minimum Gasteiger partial charge on any atom is -0.492 e. The van der Waals surface area contributed by atoms with Crippen LogP contribution in [0.15, 0.2) is 30.3 Å². The van der Waals surface area contributed by atoms with E-state index in [1.54, 1.807) is 0 Å².